The lowest BCUT2D eigenvalue weighted by atomic mass is 9.76. The second-order valence-electron chi connectivity index (χ2n) is 6.34. The third-order valence-electron chi connectivity index (χ3n) is 4.37. The molecule has 156 valence electrons. The molecule has 1 amide bonds. The SMILES string of the molecule is O=C(NC1COB(c2cccc([N+](=O)[O-])c2)OC1c1ccc([N+](=O)[O-])cc1)C(Cl)Cl. The Kier molecular flexibility index (Phi) is 6.88. The van der Waals surface area contributed by atoms with E-state index in [0.29, 0.717) is 11.0 Å². The Morgan fingerprint density at radius 2 is 1.77 bits per heavy atom. The quantitative estimate of drug-likeness (QED) is 0.307. The number of carbonyl (C=O) groups is 1. The predicted octanol–water partition coefficient (Wildman–Crippen LogP) is 2.27. The maximum atomic E-state index is 12.0. The number of nitro groups is 2. The van der Waals surface area contributed by atoms with Crippen LogP contribution >= 0.6 is 23.2 Å². The van der Waals surface area contributed by atoms with Crippen LogP contribution in [-0.4, -0.2) is 40.4 Å². The van der Waals surface area contributed by atoms with Gasteiger partial charge in [-0.05, 0) is 23.2 Å². The number of carbonyl (C=O) groups excluding carboxylic acids is 1. The molecule has 2 aromatic rings. The molecule has 1 N–H and O–H groups in total. The second-order valence-corrected chi connectivity index (χ2v) is 7.43. The van der Waals surface area contributed by atoms with E-state index < -0.39 is 39.9 Å². The van der Waals surface area contributed by atoms with Crippen LogP contribution < -0.4 is 10.8 Å². The first kappa shape index (κ1) is 22.0. The fourth-order valence-electron chi connectivity index (χ4n) is 2.97. The Hall–Kier alpha value is -2.73. The van der Waals surface area contributed by atoms with Crippen LogP contribution in [0.5, 0.6) is 0 Å². The summed E-state index contributed by atoms with van der Waals surface area (Å²) in [6.45, 7) is -0.0126. The van der Waals surface area contributed by atoms with Gasteiger partial charge in [-0.2, -0.15) is 0 Å². The molecule has 0 bridgehead atoms. The maximum Gasteiger partial charge on any atom is 0.494 e. The third-order valence-corrected chi connectivity index (χ3v) is 4.77. The molecule has 13 heteroatoms. The number of hydrogen-bond donors (Lipinski definition) is 1. The minimum absolute atomic E-state index is 0.0126. The molecule has 0 radical (unpaired) electrons. The van der Waals surface area contributed by atoms with E-state index in [-0.39, 0.29) is 18.0 Å². The van der Waals surface area contributed by atoms with E-state index in [1.54, 1.807) is 6.07 Å². The molecule has 1 fully saturated rings. The smallest absolute Gasteiger partial charge is 0.405 e. The van der Waals surface area contributed by atoms with Crippen molar-refractivity contribution in [3.63, 3.8) is 0 Å². The van der Waals surface area contributed by atoms with Gasteiger partial charge in [-0.25, -0.2) is 0 Å². The Morgan fingerprint density at radius 1 is 1.10 bits per heavy atom. The van der Waals surface area contributed by atoms with Crippen LogP contribution in [0, 0.1) is 20.2 Å². The highest BCUT2D eigenvalue weighted by atomic mass is 35.5. The largest absolute Gasteiger partial charge is 0.494 e. The Morgan fingerprint density at radius 3 is 2.37 bits per heavy atom. The van der Waals surface area contributed by atoms with Crippen molar-refractivity contribution in [2.45, 2.75) is 17.0 Å². The van der Waals surface area contributed by atoms with Crippen molar-refractivity contribution in [3.05, 3.63) is 74.3 Å². The second kappa shape index (κ2) is 9.39. The fourth-order valence-corrected chi connectivity index (χ4v) is 3.09. The van der Waals surface area contributed by atoms with Gasteiger partial charge in [-0.3, -0.25) is 25.0 Å². The van der Waals surface area contributed by atoms with Crippen molar-refractivity contribution in [1.29, 1.82) is 0 Å². The number of halogens is 2. The van der Waals surface area contributed by atoms with Crippen molar-refractivity contribution in [2.75, 3.05) is 6.61 Å². The molecule has 0 saturated carbocycles. The van der Waals surface area contributed by atoms with Crippen LogP contribution in [0.4, 0.5) is 11.4 Å². The van der Waals surface area contributed by atoms with E-state index in [1.165, 1.54) is 42.5 Å². The summed E-state index contributed by atoms with van der Waals surface area (Å²) in [7, 11) is -0.957. The van der Waals surface area contributed by atoms with Gasteiger partial charge in [0.2, 0.25) is 0 Å². The van der Waals surface area contributed by atoms with Crippen molar-refractivity contribution < 1.29 is 23.9 Å². The number of nitro benzene ring substituents is 2. The van der Waals surface area contributed by atoms with E-state index in [2.05, 4.69) is 5.32 Å². The van der Waals surface area contributed by atoms with E-state index in [4.69, 9.17) is 32.5 Å². The summed E-state index contributed by atoms with van der Waals surface area (Å²) < 4.78 is 11.6. The van der Waals surface area contributed by atoms with Gasteiger partial charge >= 0.3 is 7.12 Å². The van der Waals surface area contributed by atoms with Gasteiger partial charge in [0.1, 0.15) is 0 Å². The van der Waals surface area contributed by atoms with Crippen LogP contribution in [0.3, 0.4) is 0 Å². The van der Waals surface area contributed by atoms with Gasteiger partial charge in [0.15, 0.2) is 4.84 Å². The van der Waals surface area contributed by atoms with Gasteiger partial charge in [-0.15, -0.1) is 0 Å². The molecule has 10 nitrogen and oxygen atoms in total. The number of nitrogens with zero attached hydrogens (tertiary/aromatic N) is 2. The van der Waals surface area contributed by atoms with Crippen LogP contribution in [0.1, 0.15) is 11.7 Å². The summed E-state index contributed by atoms with van der Waals surface area (Å²) in [6, 6.07) is 10.7. The molecular weight excluding hydrogens is 440 g/mol. The zero-order chi connectivity index (χ0) is 21.8. The Labute approximate surface area is 180 Å². The lowest BCUT2D eigenvalue weighted by Crippen LogP contribution is -2.54. The minimum atomic E-state index is -1.31. The normalized spacial score (nSPS) is 18.8. The molecular formula is C17H14BCl2N3O7. The average molecular weight is 454 g/mol. The minimum Gasteiger partial charge on any atom is -0.405 e. The summed E-state index contributed by atoms with van der Waals surface area (Å²) in [6.07, 6.45) is -0.778. The lowest BCUT2D eigenvalue weighted by molar-refractivity contribution is -0.385. The highest BCUT2D eigenvalue weighted by Gasteiger charge is 2.39. The molecule has 3 rings (SSSR count). The number of non-ortho nitro benzene ring substituents is 2. The third kappa shape index (κ3) is 5.06. The average Bonchev–Trinajstić information content (AvgIpc) is 2.74. The van der Waals surface area contributed by atoms with E-state index in [9.17, 15) is 25.0 Å². The zero-order valence-electron chi connectivity index (χ0n) is 15.1. The first-order valence-electron chi connectivity index (χ1n) is 8.60. The molecule has 0 aromatic heterocycles. The molecule has 0 spiro atoms. The number of rotatable bonds is 6. The molecule has 2 aromatic carbocycles. The number of benzene rings is 2. The molecule has 2 atom stereocenters. The van der Waals surface area contributed by atoms with E-state index in [1.807, 2.05) is 0 Å². The number of alkyl halides is 2. The van der Waals surface area contributed by atoms with Crippen LogP contribution in [0.25, 0.3) is 0 Å². The summed E-state index contributed by atoms with van der Waals surface area (Å²) in [5.74, 6) is -0.656. The molecule has 1 heterocycles. The molecule has 1 saturated heterocycles. The van der Waals surface area contributed by atoms with Crippen molar-refractivity contribution in [3.8, 4) is 0 Å². The topological polar surface area (TPSA) is 134 Å². The van der Waals surface area contributed by atoms with Crippen molar-refractivity contribution in [1.82, 2.24) is 5.32 Å². The van der Waals surface area contributed by atoms with Crippen LogP contribution in [-0.2, 0) is 14.1 Å². The number of nitrogens with one attached hydrogen (secondary N) is 1. The van der Waals surface area contributed by atoms with Gasteiger partial charge in [0.25, 0.3) is 17.3 Å². The van der Waals surface area contributed by atoms with Crippen LogP contribution in [0.2, 0.25) is 0 Å². The van der Waals surface area contributed by atoms with Gasteiger partial charge in [0, 0.05) is 24.3 Å². The first-order valence-corrected chi connectivity index (χ1v) is 9.48. The zero-order valence-corrected chi connectivity index (χ0v) is 16.7. The van der Waals surface area contributed by atoms with Gasteiger partial charge < -0.3 is 14.6 Å². The first-order chi connectivity index (χ1) is 14.3. The molecule has 0 aliphatic carbocycles. The number of amides is 1. The van der Waals surface area contributed by atoms with Gasteiger partial charge in [-0.1, -0.05) is 35.3 Å². The highest BCUT2D eigenvalue weighted by molar-refractivity contribution is 6.61. The lowest BCUT2D eigenvalue weighted by Gasteiger charge is -2.36. The molecule has 2 unspecified atom stereocenters. The molecule has 30 heavy (non-hydrogen) atoms. The van der Waals surface area contributed by atoms with Crippen LogP contribution in [0.15, 0.2) is 48.5 Å². The van der Waals surface area contributed by atoms with E-state index >= 15 is 0 Å². The highest BCUT2D eigenvalue weighted by Crippen LogP contribution is 2.29. The maximum absolute atomic E-state index is 12.0. The summed E-state index contributed by atoms with van der Waals surface area (Å²) in [5, 5.41) is 24.6. The summed E-state index contributed by atoms with van der Waals surface area (Å²) in [5.41, 5.74) is 0.705. The summed E-state index contributed by atoms with van der Waals surface area (Å²) in [4.78, 5) is 31.5. The van der Waals surface area contributed by atoms with Crippen molar-refractivity contribution >= 4 is 53.1 Å². The summed E-state index contributed by atoms with van der Waals surface area (Å²) >= 11 is 11.2. The molecule has 1 aliphatic rings. The molecule has 1 aliphatic heterocycles. The predicted molar refractivity (Wildman–Crippen MR) is 109 cm³/mol. The monoisotopic (exact) mass is 453 g/mol. The fraction of sp³-hybridized carbons (Fsp3) is 0.235. The van der Waals surface area contributed by atoms with Crippen molar-refractivity contribution in [2.24, 2.45) is 0 Å². The standard InChI is InChI=1S/C17H14BCl2N3O7/c19-16(20)17(24)21-14-9-29-18(11-2-1-3-13(8-11)23(27)28)30-15(14)10-4-6-12(7-5-10)22(25)26/h1-8,14-16H,9H2,(H,21,24). The van der Waals surface area contributed by atoms with E-state index in [0.717, 1.165) is 0 Å². The van der Waals surface area contributed by atoms with Gasteiger partial charge in [0.05, 0.1) is 28.6 Å². The Bertz CT molecular complexity index is 961. The Balaban J connectivity index is 1.89. The number of hydrogen-bond acceptors (Lipinski definition) is 7.